The molecule has 3 atom stereocenters. The minimum Gasteiger partial charge on any atom is -0.456 e. The third kappa shape index (κ3) is 8.18. The molecule has 50 heavy (non-hydrogen) atoms. The first kappa shape index (κ1) is 36.6. The molecule has 1 fully saturated rings. The number of carbonyl (C=O) groups excluding carboxylic acids is 3. The average molecular weight is 698 g/mol. The zero-order valence-corrected chi connectivity index (χ0v) is 29.1. The summed E-state index contributed by atoms with van der Waals surface area (Å²) in [5.41, 5.74) is -1.95. The molecule has 0 radical (unpaired) electrons. The lowest BCUT2D eigenvalue weighted by Crippen LogP contribution is -2.51. The number of ether oxygens (including phenoxy) is 2. The van der Waals surface area contributed by atoms with Gasteiger partial charge in [-0.1, -0.05) is 6.92 Å². The molecule has 2 amide bonds. The first-order chi connectivity index (χ1) is 23.3. The van der Waals surface area contributed by atoms with E-state index in [1.165, 1.54) is 27.0 Å². The van der Waals surface area contributed by atoms with E-state index in [9.17, 15) is 19.5 Å². The summed E-state index contributed by atoms with van der Waals surface area (Å²) < 4.78 is 56.3. The number of hydrogen-bond donors (Lipinski definition) is 3. The van der Waals surface area contributed by atoms with E-state index in [0.29, 0.717) is 43.7 Å². The van der Waals surface area contributed by atoms with Gasteiger partial charge in [0.25, 0.3) is 5.91 Å². The summed E-state index contributed by atoms with van der Waals surface area (Å²) in [6, 6.07) is 3.46. The van der Waals surface area contributed by atoms with E-state index in [1.54, 1.807) is 20.8 Å². The number of anilines is 2. The molecule has 1 aliphatic carbocycles. The predicted octanol–water partition coefficient (Wildman–Crippen LogP) is 6.33. The highest BCUT2D eigenvalue weighted by atomic mass is 19.1. The minimum atomic E-state index is -1.56. The van der Waals surface area contributed by atoms with Gasteiger partial charge in [0.2, 0.25) is 0 Å². The normalized spacial score (nSPS) is 19.1. The van der Waals surface area contributed by atoms with Gasteiger partial charge >= 0.3 is 12.1 Å². The Morgan fingerprint density at radius 1 is 1.02 bits per heavy atom. The molecule has 3 N–H and O–H groups in total. The fraction of sp³-hybridized carbons (Fsp3) is 0.472. The highest BCUT2D eigenvalue weighted by Gasteiger charge is 2.36. The summed E-state index contributed by atoms with van der Waals surface area (Å²) in [5.74, 6) is -4.53. The Hall–Kier alpha value is -4.72. The van der Waals surface area contributed by atoms with Crippen molar-refractivity contribution in [3.8, 4) is 11.3 Å². The number of benzene rings is 1. The van der Waals surface area contributed by atoms with Gasteiger partial charge in [0.15, 0.2) is 0 Å². The number of halogens is 3. The van der Waals surface area contributed by atoms with Gasteiger partial charge in [0.05, 0.1) is 34.4 Å². The number of aromatic nitrogens is 2. The Morgan fingerprint density at radius 2 is 1.70 bits per heavy atom. The van der Waals surface area contributed by atoms with E-state index < -0.39 is 64.0 Å². The molecule has 11 nitrogen and oxygen atoms in total. The summed E-state index contributed by atoms with van der Waals surface area (Å²) in [5, 5.41) is 16.0. The summed E-state index contributed by atoms with van der Waals surface area (Å²) in [6.07, 6.45) is 1.92. The molecule has 14 heteroatoms. The van der Waals surface area contributed by atoms with Crippen LogP contribution in [0.4, 0.5) is 29.3 Å². The van der Waals surface area contributed by atoms with E-state index in [-0.39, 0.29) is 28.9 Å². The van der Waals surface area contributed by atoms with Crippen LogP contribution < -0.4 is 15.5 Å². The molecule has 5 rings (SSSR count). The van der Waals surface area contributed by atoms with Crippen molar-refractivity contribution >= 4 is 29.3 Å². The molecule has 1 saturated heterocycles. The fourth-order valence-electron chi connectivity index (χ4n) is 6.46. The number of alkyl carbamates (subject to hydrolysis) is 1. The zero-order valence-electron chi connectivity index (χ0n) is 29.1. The van der Waals surface area contributed by atoms with Crippen LogP contribution in [-0.4, -0.2) is 57.8 Å². The van der Waals surface area contributed by atoms with Gasteiger partial charge < -0.3 is 30.1 Å². The maximum atomic E-state index is 15.2. The lowest BCUT2D eigenvalue weighted by molar-refractivity contribution is -0.146. The molecule has 2 aliphatic rings. The van der Waals surface area contributed by atoms with Gasteiger partial charge in [0, 0.05) is 31.6 Å². The number of esters is 1. The first-order valence-corrected chi connectivity index (χ1v) is 16.4. The zero-order chi connectivity index (χ0) is 36.7. The summed E-state index contributed by atoms with van der Waals surface area (Å²) in [6.45, 7) is 12.3. The molecule has 0 bridgehead atoms. The van der Waals surface area contributed by atoms with Crippen LogP contribution in [0.25, 0.3) is 11.3 Å². The average Bonchev–Trinajstić information content (AvgIpc) is 3.37. The Morgan fingerprint density at radius 3 is 2.32 bits per heavy atom. The number of nitrogens with one attached hydrogen (secondary N) is 2. The van der Waals surface area contributed by atoms with Crippen LogP contribution in [0, 0.1) is 23.4 Å². The molecule has 1 unspecified atom stereocenters. The summed E-state index contributed by atoms with van der Waals surface area (Å²) in [7, 11) is 0. The summed E-state index contributed by atoms with van der Waals surface area (Å²) in [4.78, 5) is 48.8. The van der Waals surface area contributed by atoms with Crippen LogP contribution in [-0.2, 0) is 26.3 Å². The highest BCUT2D eigenvalue weighted by molar-refractivity contribution is 6.05. The Labute approximate surface area is 288 Å². The van der Waals surface area contributed by atoms with Crippen LogP contribution in [0.2, 0.25) is 0 Å². The number of piperidine rings is 1. The number of nitrogens with zero attached hydrogens (tertiary/aromatic N) is 3. The van der Waals surface area contributed by atoms with Crippen molar-refractivity contribution in [2.45, 2.75) is 91.1 Å². The molecule has 3 heterocycles. The number of pyridine rings is 2. The van der Waals surface area contributed by atoms with Crippen molar-refractivity contribution < 1.29 is 42.1 Å². The topological polar surface area (TPSA) is 143 Å². The Bertz CT molecular complexity index is 1800. The van der Waals surface area contributed by atoms with Crippen LogP contribution in [0.3, 0.4) is 0 Å². The second-order valence-electron chi connectivity index (χ2n) is 14.5. The third-order valence-electron chi connectivity index (χ3n) is 8.46. The predicted molar refractivity (Wildman–Crippen MR) is 179 cm³/mol. The smallest absolute Gasteiger partial charge is 0.407 e. The highest BCUT2D eigenvalue weighted by Crippen LogP contribution is 2.43. The molecular weight excluding hydrogens is 655 g/mol. The summed E-state index contributed by atoms with van der Waals surface area (Å²) >= 11 is 0. The Kier molecular flexibility index (Phi) is 10.2. The van der Waals surface area contributed by atoms with Crippen molar-refractivity contribution in [3.05, 3.63) is 70.4 Å². The van der Waals surface area contributed by atoms with Gasteiger partial charge in [-0.15, -0.1) is 0 Å². The van der Waals surface area contributed by atoms with E-state index in [2.05, 4.69) is 20.6 Å². The van der Waals surface area contributed by atoms with Gasteiger partial charge in [-0.2, -0.15) is 0 Å². The lowest BCUT2D eigenvalue weighted by Gasteiger charge is -2.40. The second kappa shape index (κ2) is 13.9. The van der Waals surface area contributed by atoms with Crippen molar-refractivity contribution in [2.24, 2.45) is 5.92 Å². The van der Waals surface area contributed by atoms with E-state index in [1.807, 2.05) is 11.8 Å². The Balaban J connectivity index is 1.50. The lowest BCUT2D eigenvalue weighted by atomic mass is 9.94. The van der Waals surface area contributed by atoms with Crippen LogP contribution in [0.1, 0.15) is 94.7 Å². The largest absolute Gasteiger partial charge is 0.456 e. The maximum absolute atomic E-state index is 15.2. The molecule has 268 valence electrons. The SMILES string of the molecule is CC(=O)OC1CCc2c1ncc(NC(=O)c1ccc(F)c(-c3c(F)cc(C(C)(C)O)cc3F)n1)c2N1C[C@H](C)C[C@H](NC(=O)OC(C)(C)C)C1. The standard InChI is InChI=1S/C36H42F3N5O6/c1-18-12-21(41-34(47)50-35(3,4)5)17-44(16-18)32-22-8-11-28(49-19(2)45)30(22)40-15-27(32)43-33(46)26-10-9-23(37)31(42-26)29-24(38)13-20(14-25(29)39)36(6,7)48/h9-10,13-15,18,21,28,48H,8,11-12,16-17H2,1-7H3,(H,41,47)(H,43,46)/t18-,21+,28?/m1/s1. The van der Waals surface area contributed by atoms with Crippen molar-refractivity contribution in [1.82, 2.24) is 15.3 Å². The number of fused-ring (bicyclic) bond motifs is 1. The van der Waals surface area contributed by atoms with Crippen molar-refractivity contribution in [1.29, 1.82) is 0 Å². The van der Waals surface area contributed by atoms with Gasteiger partial charge in [-0.3, -0.25) is 14.6 Å². The van der Waals surface area contributed by atoms with E-state index in [0.717, 1.165) is 29.8 Å². The first-order valence-electron chi connectivity index (χ1n) is 16.4. The van der Waals surface area contributed by atoms with Crippen molar-refractivity contribution in [3.63, 3.8) is 0 Å². The van der Waals surface area contributed by atoms with Crippen LogP contribution in [0.15, 0.2) is 30.5 Å². The fourth-order valence-corrected chi connectivity index (χ4v) is 6.46. The number of rotatable bonds is 7. The molecule has 1 aliphatic heterocycles. The number of carbonyl (C=O) groups is 3. The molecule has 2 aromatic heterocycles. The maximum Gasteiger partial charge on any atom is 0.407 e. The number of amides is 2. The monoisotopic (exact) mass is 697 g/mol. The van der Waals surface area contributed by atoms with Gasteiger partial charge in [-0.05, 0) is 89.6 Å². The van der Waals surface area contributed by atoms with Crippen molar-refractivity contribution in [2.75, 3.05) is 23.3 Å². The third-order valence-corrected chi connectivity index (χ3v) is 8.46. The molecule has 3 aromatic rings. The molecule has 0 saturated carbocycles. The molecular formula is C36H42F3N5O6. The van der Waals surface area contributed by atoms with E-state index >= 15 is 13.2 Å². The van der Waals surface area contributed by atoms with Gasteiger partial charge in [-0.25, -0.2) is 22.9 Å². The number of aliphatic hydroxyl groups is 1. The van der Waals surface area contributed by atoms with Gasteiger partial charge in [0.1, 0.15) is 40.5 Å². The number of hydrogen-bond acceptors (Lipinski definition) is 9. The second-order valence-corrected chi connectivity index (χ2v) is 14.5. The minimum absolute atomic E-state index is 0.0614. The van der Waals surface area contributed by atoms with Crippen LogP contribution in [0.5, 0.6) is 0 Å². The van der Waals surface area contributed by atoms with Crippen LogP contribution >= 0.6 is 0 Å². The van der Waals surface area contributed by atoms with E-state index in [4.69, 9.17) is 9.47 Å². The molecule has 1 aromatic carbocycles. The quantitative estimate of drug-likeness (QED) is 0.242. The molecule has 0 spiro atoms.